The largest absolute Gasteiger partial charge is 0.492 e. The van der Waals surface area contributed by atoms with Crippen LogP contribution in [-0.4, -0.2) is 84.9 Å². The minimum Gasteiger partial charge on any atom is -0.492 e. The van der Waals surface area contributed by atoms with Crippen LogP contribution in [0.3, 0.4) is 0 Å². The number of aromatic nitrogens is 4. The van der Waals surface area contributed by atoms with Crippen LogP contribution in [0.2, 0.25) is 0 Å². The van der Waals surface area contributed by atoms with Gasteiger partial charge in [-0.1, -0.05) is 0 Å². The molecule has 53 heavy (non-hydrogen) atoms. The molecule has 2 aliphatic carbocycles. The molecule has 13 nitrogen and oxygen atoms in total. The number of hydrogen-bond donors (Lipinski definition) is 2. The molecule has 2 aromatic carbocycles. The predicted molar refractivity (Wildman–Crippen MR) is 198 cm³/mol. The second-order valence-corrected chi connectivity index (χ2v) is 14.8. The topological polar surface area (TPSA) is 132 Å². The first kappa shape index (κ1) is 33.8. The SMILES string of the molecule is COc1c(N2CCNC(C)C2)c(F)cc2c(=O)c(-c3nnc(-c4cn(C5CC5)c5c(OC)c(N6CCNC(C)C6)c(F)cc5c4=O)o3)cn(C3CC3)c12. The Kier molecular flexibility index (Phi) is 8.18. The molecule has 5 aromatic rings. The van der Waals surface area contributed by atoms with Crippen molar-refractivity contribution in [1.29, 1.82) is 0 Å². The second kappa shape index (κ2) is 12.8. The van der Waals surface area contributed by atoms with Crippen molar-refractivity contribution in [3.05, 3.63) is 56.6 Å². The number of hydrogen-bond acceptors (Lipinski definition) is 11. The fourth-order valence-corrected chi connectivity index (χ4v) is 8.16. The van der Waals surface area contributed by atoms with Crippen LogP contribution in [0.4, 0.5) is 20.2 Å². The summed E-state index contributed by atoms with van der Waals surface area (Å²) in [6, 6.07) is 2.99. The lowest BCUT2D eigenvalue weighted by atomic mass is 10.1. The van der Waals surface area contributed by atoms with Crippen molar-refractivity contribution in [3.63, 3.8) is 0 Å². The standard InChI is InChI=1S/C38H42F2N8O5/c1-19-15-45(11-9-41-19)31-27(39)13-23-29(35(31)51-3)47(21-5-6-21)17-25(33(23)49)37-43-44-38(53-37)26-18-48(22-7-8-22)30-24(34(26)50)14-28(40)32(36(30)52-4)46-12-10-42-20(2)16-46/h13-14,17-22,41-42H,5-12,15-16H2,1-4H3. The van der Waals surface area contributed by atoms with E-state index in [1.54, 1.807) is 12.4 Å². The van der Waals surface area contributed by atoms with Gasteiger partial charge < -0.3 is 43.5 Å². The third kappa shape index (κ3) is 5.63. The fraction of sp³-hybridized carbons (Fsp3) is 0.474. The summed E-state index contributed by atoms with van der Waals surface area (Å²) in [6.07, 6.45) is 6.85. The van der Waals surface area contributed by atoms with E-state index in [1.807, 2.05) is 32.8 Å². The molecule has 2 atom stereocenters. The maximum Gasteiger partial charge on any atom is 0.253 e. The van der Waals surface area contributed by atoms with Crippen LogP contribution in [0.25, 0.3) is 44.7 Å². The Morgan fingerprint density at radius 2 is 1.13 bits per heavy atom. The number of nitrogens with one attached hydrogen (secondary N) is 2. The van der Waals surface area contributed by atoms with Crippen molar-refractivity contribution >= 4 is 33.2 Å². The quantitative estimate of drug-likeness (QED) is 0.233. The third-order valence-electron chi connectivity index (χ3n) is 10.9. The van der Waals surface area contributed by atoms with E-state index in [1.165, 1.54) is 26.4 Å². The summed E-state index contributed by atoms with van der Waals surface area (Å²) < 4.78 is 53.9. The van der Waals surface area contributed by atoms with Crippen LogP contribution in [0, 0.1) is 11.6 Å². The summed E-state index contributed by atoms with van der Waals surface area (Å²) in [4.78, 5) is 32.3. The monoisotopic (exact) mass is 728 g/mol. The first-order valence-electron chi connectivity index (χ1n) is 18.4. The Hall–Kier alpha value is -5.02. The molecule has 0 amide bonds. The van der Waals surface area contributed by atoms with Crippen LogP contribution in [-0.2, 0) is 0 Å². The van der Waals surface area contributed by atoms with E-state index in [0.717, 1.165) is 25.7 Å². The van der Waals surface area contributed by atoms with Gasteiger partial charge in [0.1, 0.15) is 22.5 Å². The number of piperazine rings is 2. The normalized spacial score (nSPS) is 20.8. The number of halogens is 2. The number of ether oxygens (including phenoxy) is 2. The van der Waals surface area contributed by atoms with Gasteiger partial charge in [-0.25, -0.2) is 8.78 Å². The summed E-state index contributed by atoms with van der Waals surface area (Å²) in [7, 11) is 2.99. The number of rotatable bonds is 8. The van der Waals surface area contributed by atoms with Crippen molar-refractivity contribution in [1.82, 2.24) is 30.0 Å². The molecule has 278 valence electrons. The molecule has 0 bridgehead atoms. The highest BCUT2D eigenvalue weighted by atomic mass is 19.1. The summed E-state index contributed by atoms with van der Waals surface area (Å²) in [5.41, 5.74) is 0.858. The number of nitrogens with zero attached hydrogens (tertiary/aromatic N) is 6. The maximum absolute atomic E-state index is 16.1. The Morgan fingerprint density at radius 1 is 0.717 bits per heavy atom. The van der Waals surface area contributed by atoms with E-state index in [4.69, 9.17) is 13.9 Å². The number of pyridine rings is 2. The van der Waals surface area contributed by atoms with Crippen LogP contribution < -0.4 is 40.8 Å². The predicted octanol–water partition coefficient (Wildman–Crippen LogP) is 4.59. The first-order chi connectivity index (χ1) is 25.7. The fourth-order valence-electron chi connectivity index (χ4n) is 8.16. The van der Waals surface area contributed by atoms with Crippen LogP contribution in [0.15, 0.2) is 38.5 Å². The van der Waals surface area contributed by atoms with E-state index in [-0.39, 0.29) is 57.8 Å². The molecule has 0 radical (unpaired) electrons. The van der Waals surface area contributed by atoms with Gasteiger partial charge in [0.25, 0.3) is 11.8 Å². The zero-order valence-electron chi connectivity index (χ0n) is 30.2. The van der Waals surface area contributed by atoms with Crippen molar-refractivity contribution in [3.8, 4) is 34.4 Å². The van der Waals surface area contributed by atoms with E-state index >= 15 is 8.78 Å². The zero-order chi connectivity index (χ0) is 36.7. The van der Waals surface area contributed by atoms with E-state index in [9.17, 15) is 9.59 Å². The molecule has 5 heterocycles. The number of fused-ring (bicyclic) bond motifs is 2. The average Bonchev–Trinajstić information content (AvgIpc) is 4.09. The molecule has 2 saturated carbocycles. The van der Waals surface area contributed by atoms with Gasteiger partial charge in [-0.05, 0) is 51.7 Å². The van der Waals surface area contributed by atoms with Gasteiger partial charge in [-0.15, -0.1) is 10.2 Å². The van der Waals surface area contributed by atoms with Crippen LogP contribution in [0.1, 0.15) is 51.6 Å². The lowest BCUT2D eigenvalue weighted by Gasteiger charge is -2.35. The Balaban J connectivity index is 1.18. The third-order valence-corrected chi connectivity index (χ3v) is 10.9. The van der Waals surface area contributed by atoms with E-state index in [0.29, 0.717) is 73.2 Å². The van der Waals surface area contributed by atoms with Crippen LogP contribution in [0.5, 0.6) is 11.5 Å². The molecule has 15 heteroatoms. The Bertz CT molecular complexity index is 2240. The van der Waals surface area contributed by atoms with Gasteiger partial charge in [0.05, 0.1) is 36.0 Å². The van der Waals surface area contributed by atoms with Crippen molar-refractivity contribution in [2.45, 2.75) is 63.7 Å². The Morgan fingerprint density at radius 3 is 1.49 bits per heavy atom. The van der Waals surface area contributed by atoms with Gasteiger partial charge in [-0.3, -0.25) is 9.59 Å². The number of anilines is 2. The molecule has 2 unspecified atom stereocenters. The van der Waals surface area contributed by atoms with Crippen molar-refractivity contribution in [2.24, 2.45) is 0 Å². The van der Waals surface area contributed by atoms with Gasteiger partial charge in [-0.2, -0.15) is 0 Å². The zero-order valence-corrected chi connectivity index (χ0v) is 30.2. The minimum absolute atomic E-state index is 0.0683. The molecule has 4 fully saturated rings. The first-order valence-corrected chi connectivity index (χ1v) is 18.4. The van der Waals surface area contributed by atoms with Gasteiger partial charge in [0.15, 0.2) is 23.1 Å². The van der Waals surface area contributed by atoms with E-state index < -0.39 is 22.5 Å². The lowest BCUT2D eigenvalue weighted by Crippen LogP contribution is -2.49. The molecule has 2 aliphatic heterocycles. The summed E-state index contributed by atoms with van der Waals surface area (Å²) >= 11 is 0. The molecule has 4 aliphatic rings. The number of methoxy groups -OCH3 is 2. The molecule has 3 aromatic heterocycles. The maximum atomic E-state index is 16.1. The summed E-state index contributed by atoms with van der Waals surface area (Å²) in [6.45, 7) is 7.82. The number of benzene rings is 2. The Labute approximate surface area is 303 Å². The molecule has 2 saturated heterocycles. The summed E-state index contributed by atoms with van der Waals surface area (Å²) in [5, 5.41) is 15.5. The molecule has 9 rings (SSSR count). The minimum atomic E-state index is -0.555. The highest BCUT2D eigenvalue weighted by molar-refractivity contribution is 5.95. The summed E-state index contributed by atoms with van der Waals surface area (Å²) in [5.74, 6) is -0.703. The van der Waals surface area contributed by atoms with Gasteiger partial charge in [0.2, 0.25) is 10.9 Å². The van der Waals surface area contributed by atoms with Gasteiger partial charge >= 0.3 is 0 Å². The van der Waals surface area contributed by atoms with Crippen LogP contribution >= 0.6 is 0 Å². The van der Waals surface area contributed by atoms with E-state index in [2.05, 4.69) is 20.8 Å². The highest BCUT2D eigenvalue weighted by Crippen LogP contribution is 2.46. The smallest absolute Gasteiger partial charge is 0.253 e. The molecule has 0 spiro atoms. The molecular weight excluding hydrogens is 686 g/mol. The highest BCUT2D eigenvalue weighted by Gasteiger charge is 2.34. The van der Waals surface area contributed by atoms with Crippen molar-refractivity contribution in [2.75, 3.05) is 63.3 Å². The lowest BCUT2D eigenvalue weighted by molar-refractivity contribution is 0.407. The molecular formula is C38H42F2N8O5. The van der Waals surface area contributed by atoms with Crippen molar-refractivity contribution < 1.29 is 22.7 Å². The second-order valence-electron chi connectivity index (χ2n) is 14.8. The van der Waals surface area contributed by atoms with Gasteiger partial charge in [0, 0.05) is 75.8 Å². The molecule has 2 N–H and O–H groups in total. The average molecular weight is 729 g/mol.